The summed E-state index contributed by atoms with van der Waals surface area (Å²) in [5.74, 6) is 0.559. The summed E-state index contributed by atoms with van der Waals surface area (Å²) < 4.78 is 16.7. The fourth-order valence-electron chi connectivity index (χ4n) is 6.24. The molecule has 1 atom stereocenters. The smallest absolute Gasteiger partial charge is 0.227 e. The minimum absolute atomic E-state index is 0.0273. The van der Waals surface area contributed by atoms with Crippen LogP contribution in [-0.2, 0) is 11.3 Å². The van der Waals surface area contributed by atoms with E-state index in [-0.39, 0.29) is 17.6 Å². The van der Waals surface area contributed by atoms with Crippen molar-refractivity contribution in [1.29, 1.82) is 0 Å². The number of aryl methyl sites for hydroxylation is 1. The zero-order valence-corrected chi connectivity index (χ0v) is 24.8. The van der Waals surface area contributed by atoms with E-state index in [4.69, 9.17) is 4.98 Å². The van der Waals surface area contributed by atoms with Gasteiger partial charge in [-0.2, -0.15) is 0 Å². The second-order valence-corrected chi connectivity index (χ2v) is 11.8. The van der Waals surface area contributed by atoms with E-state index in [1.807, 2.05) is 12.1 Å². The van der Waals surface area contributed by atoms with Gasteiger partial charge >= 0.3 is 0 Å². The Hall–Kier alpha value is -2.69. The standard InChI is InChI=1S/C35H50FN3O/c1-2-3-4-5-6-7-8-9-10-11-12-13-14-15-16-21-26-38-33-25-20-18-23-31(33)37-35(38)29-27-34(40)39(28-29)32-24-19-17-22-30(32)36/h17-20,22-25,29H,2-16,21,26-28H2,1H3. The van der Waals surface area contributed by atoms with Gasteiger partial charge in [-0.3, -0.25) is 4.79 Å². The monoisotopic (exact) mass is 547 g/mol. The lowest BCUT2D eigenvalue weighted by atomic mass is 10.0. The fraction of sp³-hybridized carbons (Fsp3) is 0.600. The number of imidazole rings is 1. The summed E-state index contributed by atoms with van der Waals surface area (Å²) in [6, 6.07) is 14.8. The minimum atomic E-state index is -0.349. The zero-order valence-electron chi connectivity index (χ0n) is 24.8. The van der Waals surface area contributed by atoms with Crippen LogP contribution in [0.1, 0.15) is 128 Å². The van der Waals surface area contributed by atoms with Gasteiger partial charge < -0.3 is 9.47 Å². The molecule has 3 aromatic rings. The van der Waals surface area contributed by atoms with E-state index in [1.54, 1.807) is 23.1 Å². The van der Waals surface area contributed by atoms with Gasteiger partial charge in [0.2, 0.25) is 5.91 Å². The number of amides is 1. The van der Waals surface area contributed by atoms with Crippen molar-refractivity contribution < 1.29 is 9.18 Å². The van der Waals surface area contributed by atoms with E-state index in [2.05, 4.69) is 23.6 Å². The molecule has 1 aliphatic heterocycles. The summed E-state index contributed by atoms with van der Waals surface area (Å²) in [5.41, 5.74) is 2.48. The number of benzene rings is 2. The average molecular weight is 548 g/mol. The Morgan fingerprint density at radius 1 is 0.750 bits per heavy atom. The highest BCUT2D eigenvalue weighted by Gasteiger charge is 2.35. The Labute approximate surface area is 241 Å². The number of rotatable bonds is 19. The van der Waals surface area contributed by atoms with Crippen molar-refractivity contribution in [3.63, 3.8) is 0 Å². The normalized spacial score (nSPS) is 15.5. The van der Waals surface area contributed by atoms with E-state index in [0.29, 0.717) is 18.7 Å². The maximum atomic E-state index is 14.4. The fourth-order valence-corrected chi connectivity index (χ4v) is 6.24. The van der Waals surface area contributed by atoms with Gasteiger partial charge in [0.15, 0.2) is 0 Å². The summed E-state index contributed by atoms with van der Waals surface area (Å²) in [6.07, 6.45) is 22.1. The first kappa shape index (κ1) is 30.3. The number of nitrogens with zero attached hydrogens (tertiary/aromatic N) is 3. The number of unbranched alkanes of at least 4 members (excludes halogenated alkanes) is 15. The summed E-state index contributed by atoms with van der Waals surface area (Å²) in [4.78, 5) is 19.4. The number of carbonyl (C=O) groups is 1. The topological polar surface area (TPSA) is 38.1 Å². The average Bonchev–Trinajstić information content (AvgIpc) is 3.53. The van der Waals surface area contributed by atoms with Gasteiger partial charge in [-0.25, -0.2) is 9.37 Å². The van der Waals surface area contributed by atoms with Crippen molar-refractivity contribution in [1.82, 2.24) is 9.55 Å². The third kappa shape index (κ3) is 8.65. The molecule has 0 saturated carbocycles. The highest BCUT2D eigenvalue weighted by atomic mass is 19.1. The predicted octanol–water partition coefficient (Wildman–Crippen LogP) is 9.96. The summed E-state index contributed by atoms with van der Waals surface area (Å²) in [6.45, 7) is 3.67. The Kier molecular flexibility index (Phi) is 12.5. The maximum Gasteiger partial charge on any atom is 0.227 e. The number of anilines is 1. The first-order valence-corrected chi connectivity index (χ1v) is 16.2. The predicted molar refractivity (Wildman–Crippen MR) is 165 cm³/mol. The maximum absolute atomic E-state index is 14.4. The Morgan fingerprint density at radius 3 is 1.93 bits per heavy atom. The lowest BCUT2D eigenvalue weighted by Gasteiger charge is -2.18. The molecule has 5 heteroatoms. The highest BCUT2D eigenvalue weighted by molar-refractivity contribution is 5.96. The van der Waals surface area contributed by atoms with Crippen molar-refractivity contribution in [2.45, 2.75) is 129 Å². The molecule has 4 rings (SSSR count). The highest BCUT2D eigenvalue weighted by Crippen LogP contribution is 2.34. The molecule has 1 unspecified atom stereocenters. The van der Waals surface area contributed by atoms with Gasteiger partial charge in [0.05, 0.1) is 16.7 Å². The van der Waals surface area contributed by atoms with Crippen LogP contribution in [0.5, 0.6) is 0 Å². The molecule has 218 valence electrons. The van der Waals surface area contributed by atoms with Crippen LogP contribution in [0, 0.1) is 5.82 Å². The molecule has 4 nitrogen and oxygen atoms in total. The molecule has 2 aromatic carbocycles. The van der Waals surface area contributed by atoms with Crippen molar-refractivity contribution in [2.24, 2.45) is 0 Å². The molecule has 1 aliphatic rings. The first-order valence-electron chi connectivity index (χ1n) is 16.2. The third-order valence-electron chi connectivity index (χ3n) is 8.55. The zero-order chi connectivity index (χ0) is 28.0. The van der Waals surface area contributed by atoms with E-state index in [1.165, 1.54) is 102 Å². The first-order chi connectivity index (χ1) is 19.7. The summed E-state index contributed by atoms with van der Waals surface area (Å²) in [7, 11) is 0. The number of carbonyl (C=O) groups excluding carboxylic acids is 1. The molecule has 1 amide bonds. The molecule has 40 heavy (non-hydrogen) atoms. The molecule has 1 aromatic heterocycles. The van der Waals surface area contributed by atoms with Crippen LogP contribution in [0.3, 0.4) is 0 Å². The molecule has 1 saturated heterocycles. The molecular weight excluding hydrogens is 497 g/mol. The number of hydrogen-bond acceptors (Lipinski definition) is 2. The molecule has 1 fully saturated rings. The molecule has 0 radical (unpaired) electrons. The van der Waals surface area contributed by atoms with Crippen LogP contribution >= 0.6 is 0 Å². The molecule has 0 aliphatic carbocycles. The molecule has 0 N–H and O–H groups in total. The van der Waals surface area contributed by atoms with Gasteiger partial charge in [-0.05, 0) is 30.7 Å². The van der Waals surface area contributed by atoms with Gasteiger partial charge in [-0.1, -0.05) is 128 Å². The second-order valence-electron chi connectivity index (χ2n) is 11.8. The van der Waals surface area contributed by atoms with E-state index >= 15 is 0 Å². The Bertz CT molecular complexity index is 1170. The van der Waals surface area contributed by atoms with Crippen molar-refractivity contribution in [2.75, 3.05) is 11.4 Å². The van der Waals surface area contributed by atoms with Gasteiger partial charge in [-0.15, -0.1) is 0 Å². The van der Waals surface area contributed by atoms with Gasteiger partial charge in [0, 0.05) is 25.4 Å². The van der Waals surface area contributed by atoms with Gasteiger partial charge in [0.25, 0.3) is 0 Å². The van der Waals surface area contributed by atoms with Crippen molar-refractivity contribution in [3.8, 4) is 0 Å². The third-order valence-corrected chi connectivity index (χ3v) is 8.55. The van der Waals surface area contributed by atoms with Crippen LogP contribution in [0.15, 0.2) is 48.5 Å². The van der Waals surface area contributed by atoms with Crippen molar-refractivity contribution in [3.05, 3.63) is 60.2 Å². The van der Waals surface area contributed by atoms with E-state index in [0.717, 1.165) is 29.8 Å². The van der Waals surface area contributed by atoms with E-state index < -0.39 is 0 Å². The lowest BCUT2D eigenvalue weighted by molar-refractivity contribution is -0.117. The molecule has 0 spiro atoms. The van der Waals surface area contributed by atoms with E-state index in [9.17, 15) is 9.18 Å². The van der Waals surface area contributed by atoms with Crippen LogP contribution < -0.4 is 4.90 Å². The summed E-state index contributed by atoms with van der Waals surface area (Å²) >= 11 is 0. The largest absolute Gasteiger partial charge is 0.328 e. The quantitative estimate of drug-likeness (QED) is 0.140. The van der Waals surface area contributed by atoms with Gasteiger partial charge in [0.1, 0.15) is 11.6 Å². The lowest BCUT2D eigenvalue weighted by Crippen LogP contribution is -2.25. The summed E-state index contributed by atoms with van der Waals surface area (Å²) in [5, 5.41) is 0. The number of fused-ring (bicyclic) bond motifs is 1. The second kappa shape index (κ2) is 16.5. The van der Waals surface area contributed by atoms with Crippen LogP contribution in [0.2, 0.25) is 0 Å². The number of para-hydroxylation sites is 3. The number of aromatic nitrogens is 2. The van der Waals surface area contributed by atoms with Crippen LogP contribution in [0.4, 0.5) is 10.1 Å². The SMILES string of the molecule is CCCCCCCCCCCCCCCCCCn1c(C2CC(=O)N(c3ccccc3F)C2)nc2ccccc21. The van der Waals surface area contributed by atoms with Crippen molar-refractivity contribution >= 4 is 22.6 Å². The Balaban J connectivity index is 1.17. The molecule has 2 heterocycles. The number of halogens is 1. The minimum Gasteiger partial charge on any atom is -0.328 e. The Morgan fingerprint density at radius 2 is 1.30 bits per heavy atom. The number of hydrogen-bond donors (Lipinski definition) is 0. The molecular formula is C35H50FN3O. The van der Waals surface area contributed by atoms with Crippen LogP contribution in [0.25, 0.3) is 11.0 Å². The molecule has 0 bridgehead atoms. The van der Waals surface area contributed by atoms with Crippen LogP contribution in [-0.4, -0.2) is 22.0 Å².